The van der Waals surface area contributed by atoms with Crippen LogP contribution in [0, 0.1) is 11.2 Å². The Hall–Kier alpha value is -3.33. The van der Waals surface area contributed by atoms with Crippen LogP contribution in [0.2, 0.25) is 0 Å². The van der Waals surface area contributed by atoms with Crippen molar-refractivity contribution in [2.45, 2.75) is 33.0 Å². The Morgan fingerprint density at radius 3 is 2.65 bits per heavy atom. The number of halogens is 1. The van der Waals surface area contributed by atoms with Gasteiger partial charge in [0.15, 0.2) is 11.6 Å². The van der Waals surface area contributed by atoms with Crippen LogP contribution in [0.15, 0.2) is 41.5 Å². The molecular weight excluding hydrogens is 399 g/mol. The van der Waals surface area contributed by atoms with Crippen molar-refractivity contribution < 1.29 is 15.3 Å². The van der Waals surface area contributed by atoms with E-state index in [0.29, 0.717) is 31.2 Å². The Morgan fingerprint density at radius 2 is 2.03 bits per heavy atom. The van der Waals surface area contributed by atoms with E-state index in [0.717, 1.165) is 23.7 Å². The van der Waals surface area contributed by atoms with Gasteiger partial charge in [-0.05, 0) is 44.5 Å². The molecule has 3 rings (SSSR count). The fourth-order valence-corrected chi connectivity index (χ4v) is 3.35. The van der Waals surface area contributed by atoms with E-state index in [2.05, 4.69) is 15.0 Å². The highest BCUT2D eigenvalue weighted by Crippen LogP contribution is 2.22. The average Bonchev–Trinajstić information content (AvgIpc) is 2.74. The summed E-state index contributed by atoms with van der Waals surface area (Å²) in [5, 5.41) is 7.70. The number of nitrogens with two attached hydrogens (primary N) is 1. The molecule has 166 valence electrons. The number of ether oxygens (including phenoxy) is 2. The molecule has 2 atom stereocenters. The van der Waals surface area contributed by atoms with Crippen LogP contribution >= 0.6 is 0 Å². The summed E-state index contributed by atoms with van der Waals surface area (Å²) in [5.41, 5.74) is 7.31. The van der Waals surface area contributed by atoms with Crippen LogP contribution in [0.5, 0.6) is 5.75 Å². The maximum absolute atomic E-state index is 14.3. The summed E-state index contributed by atoms with van der Waals surface area (Å²) in [7, 11) is 0. The topological polar surface area (TPSA) is 110 Å². The van der Waals surface area contributed by atoms with Gasteiger partial charge in [0.25, 0.3) is 0 Å². The van der Waals surface area contributed by atoms with Crippen molar-refractivity contribution in [1.82, 2.24) is 9.97 Å². The van der Waals surface area contributed by atoms with Crippen LogP contribution in [-0.4, -0.2) is 53.9 Å². The smallest absolute Gasteiger partial charge is 0.227 e. The van der Waals surface area contributed by atoms with Gasteiger partial charge >= 0.3 is 0 Å². The van der Waals surface area contributed by atoms with E-state index in [1.165, 1.54) is 6.08 Å². The van der Waals surface area contributed by atoms with Crippen LogP contribution in [-0.2, 0) is 4.74 Å². The van der Waals surface area contributed by atoms with Crippen LogP contribution in [0.1, 0.15) is 27.8 Å². The van der Waals surface area contributed by atoms with Gasteiger partial charge in [-0.2, -0.15) is 4.98 Å². The van der Waals surface area contributed by atoms with Crippen LogP contribution in [0.4, 0.5) is 16.2 Å². The number of allylic oxidation sites excluding steroid dienone is 1. The lowest BCUT2D eigenvalue weighted by Crippen LogP contribution is -2.46. The number of rotatable bonds is 7. The van der Waals surface area contributed by atoms with Gasteiger partial charge in [-0.15, -0.1) is 0 Å². The van der Waals surface area contributed by atoms with Crippen molar-refractivity contribution in [2.75, 3.05) is 24.6 Å². The number of aliphatic imine (C=N–C) groups is 1. The lowest BCUT2D eigenvalue weighted by atomic mass is 10.1. The van der Waals surface area contributed by atoms with E-state index in [-0.39, 0.29) is 25.3 Å². The first-order chi connectivity index (χ1) is 14.9. The van der Waals surface area contributed by atoms with E-state index in [9.17, 15) is 4.39 Å². The van der Waals surface area contributed by atoms with Crippen molar-refractivity contribution in [2.24, 2.45) is 10.7 Å². The second kappa shape index (κ2) is 10.1. The molecule has 3 N–H and O–H groups in total. The summed E-state index contributed by atoms with van der Waals surface area (Å²) < 4.78 is 25.4. The van der Waals surface area contributed by atoms with Crippen molar-refractivity contribution in [3.63, 3.8) is 0 Å². The van der Waals surface area contributed by atoms with Gasteiger partial charge in [0.2, 0.25) is 5.95 Å². The highest BCUT2D eigenvalue weighted by Gasteiger charge is 2.24. The second-order valence-electron chi connectivity index (χ2n) is 7.24. The molecule has 0 amide bonds. The number of morpholine rings is 1. The predicted octanol–water partition coefficient (Wildman–Crippen LogP) is 3.60. The minimum atomic E-state index is -0.674. The molecule has 8 nitrogen and oxygen atoms in total. The zero-order valence-corrected chi connectivity index (χ0v) is 17.9. The summed E-state index contributed by atoms with van der Waals surface area (Å²) >= 11 is 0. The molecule has 1 aromatic carbocycles. The maximum atomic E-state index is 14.3. The molecule has 31 heavy (non-hydrogen) atoms. The lowest BCUT2D eigenvalue weighted by Gasteiger charge is -2.35. The van der Waals surface area contributed by atoms with Gasteiger partial charge < -0.3 is 25.5 Å². The monoisotopic (exact) mass is 428 g/mol. The molecule has 1 fully saturated rings. The maximum Gasteiger partial charge on any atom is 0.227 e. The molecule has 2 aromatic rings. The van der Waals surface area contributed by atoms with Crippen LogP contribution < -0.4 is 15.4 Å². The van der Waals surface area contributed by atoms with E-state index in [1.807, 2.05) is 49.9 Å². The minimum absolute atomic E-state index is 0. The first kappa shape index (κ1) is 22.4. The largest absolute Gasteiger partial charge is 0.494 e. The van der Waals surface area contributed by atoms with Gasteiger partial charge in [-0.3, -0.25) is 0 Å². The van der Waals surface area contributed by atoms with Gasteiger partial charge in [0, 0.05) is 26.3 Å². The fourth-order valence-electron chi connectivity index (χ4n) is 3.35. The number of aromatic nitrogens is 2. The molecule has 0 aliphatic carbocycles. The van der Waals surface area contributed by atoms with Gasteiger partial charge in [0.1, 0.15) is 11.6 Å². The second-order valence-corrected chi connectivity index (χ2v) is 7.24. The molecule has 0 radical (unpaired) electrons. The Kier molecular flexibility index (Phi) is 7.30. The minimum Gasteiger partial charge on any atom is -0.494 e. The molecule has 1 aromatic heterocycles. The zero-order valence-electron chi connectivity index (χ0n) is 17.9. The SMILES string of the molecule is CCOc1ccc(/C(C=N)=C/C(N)=Nc2nc(N3C[C@@H](C)O[C@@H](C)C3)ncc2F)cc1.[HH]. The summed E-state index contributed by atoms with van der Waals surface area (Å²) in [4.78, 5) is 14.4. The average molecular weight is 429 g/mol. The summed E-state index contributed by atoms with van der Waals surface area (Å²) in [6.07, 6.45) is 3.79. The first-order valence-corrected chi connectivity index (χ1v) is 10.1. The summed E-state index contributed by atoms with van der Waals surface area (Å²) in [6, 6.07) is 7.26. The fraction of sp³-hybridized carbons (Fsp3) is 0.364. The molecule has 1 saturated heterocycles. The molecule has 0 unspecified atom stereocenters. The number of benzene rings is 1. The summed E-state index contributed by atoms with van der Waals surface area (Å²) in [5.74, 6) is 0.311. The number of anilines is 1. The normalized spacial score (nSPS) is 19.9. The number of nitrogens with one attached hydrogen (secondary N) is 1. The molecule has 0 bridgehead atoms. The van der Waals surface area contributed by atoms with Crippen molar-refractivity contribution in [1.29, 1.82) is 5.41 Å². The van der Waals surface area contributed by atoms with E-state index < -0.39 is 5.82 Å². The molecule has 1 aliphatic rings. The van der Waals surface area contributed by atoms with Crippen LogP contribution in [0.25, 0.3) is 5.57 Å². The third-order valence-corrected chi connectivity index (χ3v) is 4.61. The molecule has 2 heterocycles. The standard InChI is InChI=1S/C22H27FN6O2.H2/c1-4-30-18-7-5-16(6-8-18)17(10-24)9-20(25)27-21-19(23)11-26-22(28-21)29-12-14(2)31-15(3)13-29;/h5-11,14-15,24H,4,12-13H2,1-3H3,(H2,25,26,27,28);1H/b17-9+,24-10?;/t14-,15+;. The van der Waals surface area contributed by atoms with Crippen molar-refractivity contribution >= 4 is 29.4 Å². The highest BCUT2D eigenvalue weighted by atomic mass is 19.1. The number of nitrogens with zero attached hydrogens (tertiary/aromatic N) is 4. The lowest BCUT2D eigenvalue weighted by molar-refractivity contribution is -0.00572. The predicted molar refractivity (Wildman–Crippen MR) is 122 cm³/mol. The Bertz CT molecular complexity index is 973. The van der Waals surface area contributed by atoms with Gasteiger partial charge in [-0.25, -0.2) is 14.4 Å². The Balaban J connectivity index is 0.00000363. The Morgan fingerprint density at radius 1 is 1.35 bits per heavy atom. The van der Waals surface area contributed by atoms with Gasteiger partial charge in [0.05, 0.1) is 25.0 Å². The van der Waals surface area contributed by atoms with Crippen molar-refractivity contribution in [3.8, 4) is 5.75 Å². The molecule has 0 spiro atoms. The van der Waals surface area contributed by atoms with E-state index in [4.69, 9.17) is 20.6 Å². The van der Waals surface area contributed by atoms with Crippen molar-refractivity contribution in [3.05, 3.63) is 47.9 Å². The molecule has 1 aliphatic heterocycles. The molecular formula is C22H29FN6O2. The first-order valence-electron chi connectivity index (χ1n) is 10.1. The Labute approximate surface area is 182 Å². The third kappa shape index (κ3) is 5.85. The highest BCUT2D eigenvalue weighted by molar-refractivity contribution is 6.15. The number of amidine groups is 1. The molecule has 0 saturated carbocycles. The third-order valence-electron chi connectivity index (χ3n) is 4.61. The van der Waals surface area contributed by atoms with E-state index >= 15 is 0 Å². The van der Waals surface area contributed by atoms with Gasteiger partial charge in [-0.1, -0.05) is 12.1 Å². The van der Waals surface area contributed by atoms with Crippen LogP contribution in [0.3, 0.4) is 0 Å². The number of hydrogen-bond acceptors (Lipinski definition) is 7. The quantitative estimate of drug-likeness (QED) is 0.515. The zero-order chi connectivity index (χ0) is 22.4. The number of hydrogen-bond donors (Lipinski definition) is 2. The summed E-state index contributed by atoms with van der Waals surface area (Å²) in [6.45, 7) is 7.61. The molecule has 9 heteroatoms. The van der Waals surface area contributed by atoms with E-state index in [1.54, 1.807) is 0 Å².